The van der Waals surface area contributed by atoms with Crippen molar-refractivity contribution in [1.82, 2.24) is 10.6 Å². The van der Waals surface area contributed by atoms with Crippen molar-refractivity contribution in [3.05, 3.63) is 0 Å². The maximum absolute atomic E-state index is 11.9. The summed E-state index contributed by atoms with van der Waals surface area (Å²) in [4.78, 5) is 22.9. The molecule has 6 nitrogen and oxygen atoms in total. The number of carbonyl (C=O) groups excluding carboxylic acids is 1. The molecule has 6 heteroatoms. The van der Waals surface area contributed by atoms with Crippen LogP contribution < -0.4 is 10.6 Å². The molecule has 0 spiro atoms. The number of carboxylic acids is 1. The maximum Gasteiger partial charge on any atom is 0.315 e. The van der Waals surface area contributed by atoms with Crippen LogP contribution in [0.5, 0.6) is 0 Å². The van der Waals surface area contributed by atoms with E-state index < -0.39 is 5.97 Å². The Morgan fingerprint density at radius 2 is 1.95 bits per heavy atom. The number of aliphatic carboxylic acids is 1. The normalized spacial score (nSPS) is 18.8. The Hall–Kier alpha value is -1.30. The molecule has 0 aromatic rings. The highest BCUT2D eigenvalue weighted by Gasteiger charge is 2.34. The molecule has 1 rings (SSSR count). The third-order valence-corrected chi connectivity index (χ3v) is 4.20. The first-order chi connectivity index (χ1) is 9.97. The molecule has 0 radical (unpaired) electrons. The lowest BCUT2D eigenvalue weighted by atomic mass is 9.72. The van der Waals surface area contributed by atoms with Gasteiger partial charge in [0.2, 0.25) is 0 Å². The van der Waals surface area contributed by atoms with Crippen LogP contribution in [0.4, 0.5) is 4.79 Å². The van der Waals surface area contributed by atoms with Crippen LogP contribution in [0.25, 0.3) is 0 Å². The van der Waals surface area contributed by atoms with Gasteiger partial charge in [0.25, 0.3) is 0 Å². The van der Waals surface area contributed by atoms with Gasteiger partial charge in [0.15, 0.2) is 0 Å². The number of carbonyl (C=O) groups is 2. The minimum absolute atomic E-state index is 0.0340. The largest absolute Gasteiger partial charge is 0.481 e. The summed E-state index contributed by atoms with van der Waals surface area (Å²) < 4.78 is 4.97. The molecule has 0 bridgehead atoms. The van der Waals surface area contributed by atoms with Gasteiger partial charge in [-0.1, -0.05) is 19.3 Å². The summed E-state index contributed by atoms with van der Waals surface area (Å²) in [6, 6.07) is -0.194. The standard InChI is InChI=1S/C15H28N2O4/c1-12(6-9-21-2)17-14(20)16-11-15(10-13(18)19)7-4-3-5-8-15/h12H,3-11H2,1-2H3,(H,18,19)(H2,16,17,20). The Kier molecular flexibility index (Phi) is 7.50. The van der Waals surface area contributed by atoms with Crippen molar-refractivity contribution in [2.24, 2.45) is 5.41 Å². The molecule has 1 aliphatic rings. The summed E-state index contributed by atoms with van der Waals surface area (Å²) in [5.41, 5.74) is -0.281. The van der Waals surface area contributed by atoms with Gasteiger partial charge in [0, 0.05) is 26.3 Å². The zero-order chi connectivity index (χ0) is 15.7. The van der Waals surface area contributed by atoms with E-state index in [4.69, 9.17) is 9.84 Å². The van der Waals surface area contributed by atoms with Gasteiger partial charge in [-0.3, -0.25) is 4.79 Å². The van der Waals surface area contributed by atoms with E-state index in [9.17, 15) is 9.59 Å². The SMILES string of the molecule is COCCC(C)NC(=O)NCC1(CC(=O)O)CCCCC1. The van der Waals surface area contributed by atoms with Gasteiger partial charge in [-0.15, -0.1) is 0 Å². The lowest BCUT2D eigenvalue weighted by Gasteiger charge is -2.36. The molecule has 0 aliphatic heterocycles. The van der Waals surface area contributed by atoms with E-state index >= 15 is 0 Å². The van der Waals surface area contributed by atoms with E-state index in [2.05, 4.69) is 10.6 Å². The smallest absolute Gasteiger partial charge is 0.315 e. The first kappa shape index (κ1) is 17.8. The van der Waals surface area contributed by atoms with Crippen LogP contribution in [-0.2, 0) is 9.53 Å². The molecular weight excluding hydrogens is 272 g/mol. The Morgan fingerprint density at radius 1 is 1.29 bits per heavy atom. The van der Waals surface area contributed by atoms with Crippen LogP contribution >= 0.6 is 0 Å². The van der Waals surface area contributed by atoms with Crippen LogP contribution in [-0.4, -0.2) is 43.4 Å². The zero-order valence-corrected chi connectivity index (χ0v) is 13.1. The average molecular weight is 300 g/mol. The molecule has 2 amide bonds. The van der Waals surface area contributed by atoms with Crippen molar-refractivity contribution >= 4 is 12.0 Å². The molecule has 0 saturated heterocycles. The second-order valence-electron chi connectivity index (χ2n) is 6.14. The van der Waals surface area contributed by atoms with Gasteiger partial charge in [0.1, 0.15) is 0 Å². The predicted molar refractivity (Wildman–Crippen MR) is 80.3 cm³/mol. The van der Waals surface area contributed by atoms with Gasteiger partial charge in [-0.05, 0) is 31.6 Å². The van der Waals surface area contributed by atoms with Crippen LogP contribution in [0.3, 0.4) is 0 Å². The van der Waals surface area contributed by atoms with Crippen LogP contribution in [0.1, 0.15) is 51.9 Å². The number of urea groups is 1. The highest BCUT2D eigenvalue weighted by molar-refractivity contribution is 5.74. The summed E-state index contributed by atoms with van der Waals surface area (Å²) in [6.45, 7) is 2.96. The maximum atomic E-state index is 11.9. The third kappa shape index (κ3) is 6.80. The van der Waals surface area contributed by atoms with E-state index in [0.717, 1.165) is 38.5 Å². The van der Waals surface area contributed by atoms with Crippen LogP contribution in [0.15, 0.2) is 0 Å². The molecule has 1 saturated carbocycles. The topological polar surface area (TPSA) is 87.7 Å². The van der Waals surface area contributed by atoms with Crippen molar-refractivity contribution in [3.63, 3.8) is 0 Å². The Balaban J connectivity index is 2.41. The Bertz CT molecular complexity index is 341. The third-order valence-electron chi connectivity index (χ3n) is 4.20. The Morgan fingerprint density at radius 3 is 2.52 bits per heavy atom. The summed E-state index contributed by atoms with van der Waals surface area (Å²) in [7, 11) is 1.63. The molecule has 3 N–H and O–H groups in total. The molecule has 0 aromatic carbocycles. The molecular formula is C15H28N2O4. The monoisotopic (exact) mass is 300 g/mol. The molecule has 0 heterocycles. The Labute approximate surface area is 126 Å². The summed E-state index contributed by atoms with van der Waals surface area (Å²) >= 11 is 0. The van der Waals surface area contributed by atoms with Crippen molar-refractivity contribution in [3.8, 4) is 0 Å². The molecule has 1 unspecified atom stereocenters. The highest BCUT2D eigenvalue weighted by Crippen LogP contribution is 2.38. The molecule has 21 heavy (non-hydrogen) atoms. The number of amides is 2. The first-order valence-electron chi connectivity index (χ1n) is 7.72. The predicted octanol–water partition coefficient (Wildman–Crippen LogP) is 2.14. The average Bonchev–Trinajstić information content (AvgIpc) is 2.43. The highest BCUT2D eigenvalue weighted by atomic mass is 16.5. The van der Waals surface area contributed by atoms with Gasteiger partial charge >= 0.3 is 12.0 Å². The molecule has 1 aliphatic carbocycles. The second kappa shape index (κ2) is 8.87. The number of nitrogens with one attached hydrogen (secondary N) is 2. The molecule has 1 fully saturated rings. The minimum Gasteiger partial charge on any atom is -0.481 e. The van der Waals surface area contributed by atoms with Crippen LogP contribution in [0, 0.1) is 5.41 Å². The van der Waals surface area contributed by atoms with E-state index in [1.807, 2.05) is 6.92 Å². The number of rotatable bonds is 8. The number of hydrogen-bond acceptors (Lipinski definition) is 3. The van der Waals surface area contributed by atoms with E-state index in [1.54, 1.807) is 7.11 Å². The van der Waals surface area contributed by atoms with Crippen molar-refractivity contribution < 1.29 is 19.4 Å². The lowest BCUT2D eigenvalue weighted by Crippen LogP contribution is -2.46. The second-order valence-corrected chi connectivity index (χ2v) is 6.14. The quantitative estimate of drug-likeness (QED) is 0.641. The fourth-order valence-corrected chi connectivity index (χ4v) is 2.95. The summed E-state index contributed by atoms with van der Waals surface area (Å²) in [5.74, 6) is -0.785. The van der Waals surface area contributed by atoms with Crippen molar-refractivity contribution in [2.45, 2.75) is 57.9 Å². The van der Waals surface area contributed by atoms with E-state index in [1.165, 1.54) is 0 Å². The summed E-state index contributed by atoms with van der Waals surface area (Å²) in [6.07, 6.45) is 5.87. The van der Waals surface area contributed by atoms with E-state index in [0.29, 0.717) is 13.2 Å². The number of ether oxygens (including phenoxy) is 1. The molecule has 122 valence electrons. The number of carboxylic acid groups (broad SMARTS) is 1. The van der Waals surface area contributed by atoms with E-state index in [-0.39, 0.29) is 23.9 Å². The fraction of sp³-hybridized carbons (Fsp3) is 0.867. The first-order valence-corrected chi connectivity index (χ1v) is 7.72. The molecule has 1 atom stereocenters. The van der Waals surface area contributed by atoms with Gasteiger partial charge in [0.05, 0.1) is 6.42 Å². The summed E-state index contributed by atoms with van der Waals surface area (Å²) in [5, 5.41) is 14.8. The minimum atomic E-state index is -0.785. The number of methoxy groups -OCH3 is 1. The molecule has 0 aromatic heterocycles. The van der Waals surface area contributed by atoms with Crippen molar-refractivity contribution in [2.75, 3.05) is 20.3 Å². The van der Waals surface area contributed by atoms with Crippen molar-refractivity contribution in [1.29, 1.82) is 0 Å². The number of hydrogen-bond donors (Lipinski definition) is 3. The van der Waals surface area contributed by atoms with Gasteiger partial charge in [-0.25, -0.2) is 4.79 Å². The lowest BCUT2D eigenvalue weighted by molar-refractivity contribution is -0.140. The zero-order valence-electron chi connectivity index (χ0n) is 13.1. The van der Waals surface area contributed by atoms with Gasteiger partial charge < -0.3 is 20.5 Å². The van der Waals surface area contributed by atoms with Gasteiger partial charge in [-0.2, -0.15) is 0 Å². The fourth-order valence-electron chi connectivity index (χ4n) is 2.95. The van der Waals surface area contributed by atoms with Crippen LogP contribution in [0.2, 0.25) is 0 Å².